The van der Waals surface area contributed by atoms with E-state index in [9.17, 15) is 0 Å². The highest BCUT2D eigenvalue weighted by molar-refractivity contribution is 14.0. The third-order valence-electron chi connectivity index (χ3n) is 4.31. The highest BCUT2D eigenvalue weighted by atomic mass is 127. The number of hydrogen-bond acceptors (Lipinski definition) is 5. The second kappa shape index (κ2) is 12.4. The van der Waals surface area contributed by atoms with E-state index in [-0.39, 0.29) is 24.0 Å². The summed E-state index contributed by atoms with van der Waals surface area (Å²) in [4.78, 5) is 4.27. The summed E-state index contributed by atoms with van der Waals surface area (Å²) in [6.07, 6.45) is 0.866. The maximum Gasteiger partial charge on any atom is 0.231 e. The van der Waals surface area contributed by atoms with Gasteiger partial charge in [0.1, 0.15) is 12.4 Å². The molecule has 0 spiro atoms. The molecule has 1 aliphatic heterocycles. The van der Waals surface area contributed by atoms with Crippen LogP contribution in [-0.2, 0) is 17.7 Å². The van der Waals surface area contributed by atoms with E-state index in [1.807, 2.05) is 36.4 Å². The standard InChI is InChI=1S/C21H27N3O4.HI/c1-22-21(23-10-9-16-5-8-19-20(13-16)28-15-27-19)24-14-17-3-6-18(7-4-17)26-12-11-25-2;/h3-8,13H,9-12,14-15H2,1-2H3,(H2,22,23,24);1H. The van der Waals surface area contributed by atoms with Gasteiger partial charge in [-0.15, -0.1) is 24.0 Å². The molecule has 0 fully saturated rings. The smallest absolute Gasteiger partial charge is 0.231 e. The SMILES string of the molecule is CN=C(NCCc1ccc2c(c1)OCO2)NCc1ccc(OCCOC)cc1.I. The van der Waals surface area contributed by atoms with Gasteiger partial charge in [0, 0.05) is 27.2 Å². The molecule has 158 valence electrons. The van der Waals surface area contributed by atoms with Crippen LogP contribution in [0.5, 0.6) is 17.2 Å². The first-order valence-corrected chi connectivity index (χ1v) is 9.32. The number of ether oxygens (including phenoxy) is 4. The Hall–Kier alpha value is -2.20. The molecule has 3 rings (SSSR count). The number of halogens is 1. The van der Waals surface area contributed by atoms with Gasteiger partial charge in [-0.3, -0.25) is 4.99 Å². The van der Waals surface area contributed by atoms with Crippen molar-refractivity contribution < 1.29 is 18.9 Å². The molecule has 2 aromatic carbocycles. The van der Waals surface area contributed by atoms with Crippen molar-refractivity contribution in [1.29, 1.82) is 0 Å². The van der Waals surface area contributed by atoms with Gasteiger partial charge < -0.3 is 29.6 Å². The lowest BCUT2D eigenvalue weighted by Crippen LogP contribution is -2.37. The van der Waals surface area contributed by atoms with Gasteiger partial charge >= 0.3 is 0 Å². The number of fused-ring (bicyclic) bond motifs is 1. The summed E-state index contributed by atoms with van der Waals surface area (Å²) in [6, 6.07) is 14.0. The Labute approximate surface area is 188 Å². The molecule has 0 atom stereocenters. The van der Waals surface area contributed by atoms with Gasteiger partial charge in [-0.1, -0.05) is 18.2 Å². The molecule has 1 aliphatic rings. The third kappa shape index (κ3) is 7.28. The molecule has 0 bridgehead atoms. The highest BCUT2D eigenvalue weighted by Crippen LogP contribution is 2.32. The predicted octanol–water partition coefficient (Wildman–Crippen LogP) is 2.97. The van der Waals surface area contributed by atoms with Crippen molar-refractivity contribution in [2.24, 2.45) is 4.99 Å². The van der Waals surface area contributed by atoms with Crippen LogP contribution in [0.25, 0.3) is 0 Å². The fourth-order valence-electron chi connectivity index (χ4n) is 2.77. The van der Waals surface area contributed by atoms with Crippen LogP contribution in [0.4, 0.5) is 0 Å². The van der Waals surface area contributed by atoms with E-state index >= 15 is 0 Å². The molecular weight excluding hydrogens is 485 g/mol. The van der Waals surface area contributed by atoms with Crippen LogP contribution in [-0.4, -0.2) is 46.7 Å². The number of nitrogens with one attached hydrogen (secondary N) is 2. The zero-order chi connectivity index (χ0) is 19.6. The zero-order valence-corrected chi connectivity index (χ0v) is 19.1. The lowest BCUT2D eigenvalue weighted by atomic mass is 10.1. The van der Waals surface area contributed by atoms with Gasteiger partial charge in [0.25, 0.3) is 0 Å². The van der Waals surface area contributed by atoms with E-state index in [0.29, 0.717) is 26.6 Å². The Kier molecular flexibility index (Phi) is 9.85. The summed E-state index contributed by atoms with van der Waals surface area (Å²) >= 11 is 0. The molecule has 0 unspecified atom stereocenters. The largest absolute Gasteiger partial charge is 0.491 e. The third-order valence-corrected chi connectivity index (χ3v) is 4.31. The Balaban J connectivity index is 0.00000300. The van der Waals surface area contributed by atoms with E-state index in [2.05, 4.69) is 21.7 Å². The minimum Gasteiger partial charge on any atom is -0.491 e. The van der Waals surface area contributed by atoms with Gasteiger partial charge in [0.15, 0.2) is 17.5 Å². The van der Waals surface area contributed by atoms with Gasteiger partial charge in [-0.25, -0.2) is 0 Å². The number of rotatable bonds is 9. The van der Waals surface area contributed by atoms with Crippen molar-refractivity contribution in [2.45, 2.75) is 13.0 Å². The van der Waals surface area contributed by atoms with E-state index in [0.717, 1.165) is 41.7 Å². The molecule has 0 aromatic heterocycles. The maximum atomic E-state index is 5.57. The molecule has 0 amide bonds. The average molecular weight is 513 g/mol. The molecule has 2 N–H and O–H groups in total. The fourth-order valence-corrected chi connectivity index (χ4v) is 2.77. The van der Waals surface area contributed by atoms with Crippen molar-refractivity contribution in [3.05, 3.63) is 53.6 Å². The maximum absolute atomic E-state index is 5.57. The van der Waals surface area contributed by atoms with Crippen molar-refractivity contribution in [2.75, 3.05) is 40.7 Å². The number of nitrogens with zero attached hydrogens (tertiary/aromatic N) is 1. The predicted molar refractivity (Wildman–Crippen MR) is 124 cm³/mol. The van der Waals surface area contributed by atoms with Crippen LogP contribution in [0.15, 0.2) is 47.5 Å². The molecule has 0 aliphatic carbocycles. The average Bonchev–Trinajstić information content (AvgIpc) is 3.19. The molecule has 7 nitrogen and oxygen atoms in total. The molecule has 1 heterocycles. The lowest BCUT2D eigenvalue weighted by Gasteiger charge is -2.12. The number of aliphatic imine (C=N–C) groups is 1. The zero-order valence-electron chi connectivity index (χ0n) is 16.8. The van der Waals surface area contributed by atoms with Crippen molar-refractivity contribution in [1.82, 2.24) is 10.6 Å². The molecule has 29 heavy (non-hydrogen) atoms. The Morgan fingerprint density at radius 3 is 2.52 bits per heavy atom. The number of benzene rings is 2. The Bertz CT molecular complexity index is 784. The number of guanidine groups is 1. The van der Waals surface area contributed by atoms with Crippen LogP contribution in [0.2, 0.25) is 0 Å². The molecular formula is C21H28IN3O4. The van der Waals surface area contributed by atoms with E-state index in [1.165, 1.54) is 5.56 Å². The lowest BCUT2D eigenvalue weighted by molar-refractivity contribution is 0.146. The summed E-state index contributed by atoms with van der Waals surface area (Å²) in [6.45, 7) is 2.88. The van der Waals surface area contributed by atoms with Crippen molar-refractivity contribution >= 4 is 29.9 Å². The summed E-state index contributed by atoms with van der Waals surface area (Å²) in [7, 11) is 3.43. The quantitative estimate of drug-likeness (QED) is 0.233. The van der Waals surface area contributed by atoms with Gasteiger partial charge in [-0.05, 0) is 41.8 Å². The fraction of sp³-hybridized carbons (Fsp3) is 0.381. The van der Waals surface area contributed by atoms with Crippen LogP contribution < -0.4 is 24.8 Å². The van der Waals surface area contributed by atoms with Crippen LogP contribution in [0.1, 0.15) is 11.1 Å². The van der Waals surface area contributed by atoms with Crippen molar-refractivity contribution in [3.63, 3.8) is 0 Å². The second-order valence-electron chi connectivity index (χ2n) is 6.28. The topological polar surface area (TPSA) is 73.3 Å². The van der Waals surface area contributed by atoms with Crippen molar-refractivity contribution in [3.8, 4) is 17.2 Å². The first-order chi connectivity index (χ1) is 13.8. The molecule has 0 radical (unpaired) electrons. The monoisotopic (exact) mass is 513 g/mol. The van der Waals surface area contributed by atoms with E-state index in [1.54, 1.807) is 14.2 Å². The van der Waals surface area contributed by atoms with Gasteiger partial charge in [0.05, 0.1) is 6.61 Å². The minimum absolute atomic E-state index is 0. The summed E-state index contributed by atoms with van der Waals surface area (Å²) in [5, 5.41) is 6.65. The minimum atomic E-state index is 0. The first-order valence-electron chi connectivity index (χ1n) is 9.32. The summed E-state index contributed by atoms with van der Waals surface area (Å²) < 4.78 is 21.3. The van der Waals surface area contributed by atoms with Gasteiger partial charge in [-0.2, -0.15) is 0 Å². The molecule has 2 aromatic rings. The van der Waals surface area contributed by atoms with Crippen LogP contribution >= 0.6 is 24.0 Å². The first kappa shape index (κ1) is 23.1. The van der Waals surface area contributed by atoms with Crippen LogP contribution in [0, 0.1) is 0 Å². The van der Waals surface area contributed by atoms with E-state index < -0.39 is 0 Å². The number of hydrogen-bond donors (Lipinski definition) is 2. The van der Waals surface area contributed by atoms with Gasteiger partial charge in [0.2, 0.25) is 6.79 Å². The molecule has 0 saturated heterocycles. The second-order valence-corrected chi connectivity index (χ2v) is 6.28. The summed E-state index contributed by atoms with van der Waals surface area (Å²) in [5.41, 5.74) is 2.34. The number of methoxy groups -OCH3 is 1. The molecule has 8 heteroatoms. The Morgan fingerprint density at radius 2 is 1.76 bits per heavy atom. The Morgan fingerprint density at radius 1 is 1.00 bits per heavy atom. The highest BCUT2D eigenvalue weighted by Gasteiger charge is 2.12. The van der Waals surface area contributed by atoms with Crippen LogP contribution in [0.3, 0.4) is 0 Å². The van der Waals surface area contributed by atoms with E-state index in [4.69, 9.17) is 18.9 Å². The normalized spacial score (nSPS) is 12.3. The summed E-state index contributed by atoms with van der Waals surface area (Å²) in [5.74, 6) is 3.23. The molecule has 0 saturated carbocycles.